The molecule has 1 amide bonds. The van der Waals surface area contributed by atoms with Gasteiger partial charge in [-0.25, -0.2) is 9.78 Å². The average molecular weight is 552 g/mol. The zero-order valence-corrected chi connectivity index (χ0v) is 22.6. The average Bonchev–Trinajstić information content (AvgIpc) is 3.40. The molecule has 1 saturated heterocycles. The van der Waals surface area contributed by atoms with E-state index in [2.05, 4.69) is 4.98 Å². The summed E-state index contributed by atoms with van der Waals surface area (Å²) in [6, 6.07) is 8.99. The van der Waals surface area contributed by atoms with Crippen LogP contribution in [0.25, 0.3) is 5.76 Å². The molecule has 1 atom stereocenters. The Morgan fingerprint density at radius 3 is 2.38 bits per heavy atom. The highest BCUT2D eigenvalue weighted by Crippen LogP contribution is 2.44. The maximum absolute atomic E-state index is 13.4. The van der Waals surface area contributed by atoms with Gasteiger partial charge in [0.15, 0.2) is 5.13 Å². The Bertz CT molecular complexity index is 1520. The number of aromatic nitrogens is 1. The van der Waals surface area contributed by atoms with E-state index < -0.39 is 34.4 Å². The molecule has 1 fully saturated rings. The van der Waals surface area contributed by atoms with Crippen LogP contribution >= 0.6 is 11.3 Å². The number of ketones is 1. The van der Waals surface area contributed by atoms with Gasteiger partial charge in [0, 0.05) is 17.7 Å². The number of rotatable bonds is 7. The molecular formula is C27H25N3O8S. The van der Waals surface area contributed by atoms with Gasteiger partial charge in [-0.1, -0.05) is 11.3 Å². The number of Topliss-reactive ketones (excluding diaryl/α,β-unsaturated/α-hetero) is 1. The number of non-ortho nitro benzene ring substituents is 1. The quantitative estimate of drug-likeness (QED) is 0.108. The van der Waals surface area contributed by atoms with E-state index in [1.165, 1.54) is 31.4 Å². The van der Waals surface area contributed by atoms with E-state index in [1.54, 1.807) is 32.0 Å². The fourth-order valence-electron chi connectivity index (χ4n) is 4.23. The Hall–Kier alpha value is -4.58. The number of benzene rings is 2. The van der Waals surface area contributed by atoms with Crippen LogP contribution < -0.4 is 9.64 Å². The molecule has 1 aliphatic heterocycles. The van der Waals surface area contributed by atoms with Crippen molar-refractivity contribution in [3.05, 3.63) is 85.4 Å². The molecule has 11 nitrogen and oxygen atoms in total. The second-order valence-electron chi connectivity index (χ2n) is 9.07. The molecule has 2 heterocycles. The number of nitrogens with zero attached hydrogens (tertiary/aromatic N) is 3. The first kappa shape index (κ1) is 27.5. The summed E-state index contributed by atoms with van der Waals surface area (Å²) in [4.78, 5) is 55.2. The summed E-state index contributed by atoms with van der Waals surface area (Å²) < 4.78 is 10.5. The summed E-state index contributed by atoms with van der Waals surface area (Å²) in [5, 5.41) is 22.6. The van der Waals surface area contributed by atoms with Crippen molar-refractivity contribution in [3.63, 3.8) is 0 Å². The van der Waals surface area contributed by atoms with Gasteiger partial charge in [0.25, 0.3) is 11.5 Å². The molecular weight excluding hydrogens is 526 g/mol. The lowest BCUT2D eigenvalue weighted by atomic mass is 9.94. The minimum atomic E-state index is -1.17. The van der Waals surface area contributed by atoms with Gasteiger partial charge in [-0.15, -0.1) is 0 Å². The molecule has 0 bridgehead atoms. The van der Waals surface area contributed by atoms with Crippen LogP contribution in [0.4, 0.5) is 10.8 Å². The largest absolute Gasteiger partial charge is 0.507 e. The van der Waals surface area contributed by atoms with E-state index in [0.29, 0.717) is 22.6 Å². The van der Waals surface area contributed by atoms with Gasteiger partial charge < -0.3 is 14.6 Å². The standard InChI is InChI=1S/C27H25N3O8S/c1-13(2)38-19-11-8-17(12-14(19)3)22(31)20-21(16-6-9-18(10-7-16)30(35)36)29(25(33)23(20)32)27-28-15(4)24(39-27)26(34)37-5/h6-13,21,31H,1-5H3/b22-20+/t21-/m0/s1. The van der Waals surface area contributed by atoms with Gasteiger partial charge in [-0.05, 0) is 69.2 Å². The third-order valence-electron chi connectivity index (χ3n) is 6.04. The number of amides is 1. The fraction of sp³-hybridized carbons (Fsp3) is 0.259. The van der Waals surface area contributed by atoms with E-state index in [4.69, 9.17) is 9.47 Å². The monoisotopic (exact) mass is 551 g/mol. The third-order valence-corrected chi connectivity index (χ3v) is 7.17. The number of ether oxygens (including phenoxy) is 2. The van der Waals surface area contributed by atoms with Crippen molar-refractivity contribution in [1.29, 1.82) is 0 Å². The Balaban J connectivity index is 1.91. The molecule has 2 aromatic carbocycles. The molecule has 39 heavy (non-hydrogen) atoms. The van der Waals surface area contributed by atoms with Crippen LogP contribution in [0.1, 0.15) is 51.9 Å². The topological polar surface area (TPSA) is 149 Å². The van der Waals surface area contributed by atoms with Crippen LogP contribution in [0.5, 0.6) is 5.75 Å². The second-order valence-corrected chi connectivity index (χ2v) is 10.0. The van der Waals surface area contributed by atoms with Gasteiger partial charge in [-0.2, -0.15) is 0 Å². The van der Waals surface area contributed by atoms with Crippen LogP contribution in [0, 0.1) is 24.0 Å². The third kappa shape index (κ3) is 5.10. The maximum Gasteiger partial charge on any atom is 0.350 e. The van der Waals surface area contributed by atoms with Gasteiger partial charge in [0.1, 0.15) is 16.4 Å². The van der Waals surface area contributed by atoms with E-state index in [0.717, 1.165) is 16.2 Å². The van der Waals surface area contributed by atoms with Crippen molar-refractivity contribution in [2.24, 2.45) is 0 Å². The summed E-state index contributed by atoms with van der Waals surface area (Å²) in [7, 11) is 1.21. The number of carbonyl (C=O) groups is 3. The Labute approximate surface area is 227 Å². The van der Waals surface area contributed by atoms with Crippen molar-refractivity contribution in [2.45, 2.75) is 39.8 Å². The number of esters is 1. The number of hydrogen-bond donors (Lipinski definition) is 1. The molecule has 1 N–H and O–H groups in total. The number of hydrogen-bond acceptors (Lipinski definition) is 10. The number of carbonyl (C=O) groups excluding carboxylic acids is 3. The highest BCUT2D eigenvalue weighted by Gasteiger charge is 2.48. The zero-order valence-electron chi connectivity index (χ0n) is 21.8. The summed E-state index contributed by atoms with van der Waals surface area (Å²) in [5.74, 6) is -2.42. The van der Waals surface area contributed by atoms with Crippen molar-refractivity contribution < 1.29 is 33.9 Å². The highest BCUT2D eigenvalue weighted by atomic mass is 32.1. The summed E-state index contributed by atoms with van der Waals surface area (Å²) in [6.07, 6.45) is -0.0766. The predicted molar refractivity (Wildman–Crippen MR) is 143 cm³/mol. The lowest BCUT2D eigenvalue weighted by Gasteiger charge is -2.23. The van der Waals surface area contributed by atoms with Crippen molar-refractivity contribution in [2.75, 3.05) is 12.0 Å². The Morgan fingerprint density at radius 1 is 1.15 bits per heavy atom. The second kappa shape index (κ2) is 10.7. The van der Waals surface area contributed by atoms with Crippen molar-refractivity contribution in [3.8, 4) is 5.75 Å². The van der Waals surface area contributed by atoms with Crippen LogP contribution in [0.15, 0.2) is 48.0 Å². The van der Waals surface area contributed by atoms with Gasteiger partial charge in [-0.3, -0.25) is 24.6 Å². The van der Waals surface area contributed by atoms with E-state index in [-0.39, 0.29) is 32.9 Å². The summed E-state index contributed by atoms with van der Waals surface area (Å²) >= 11 is 0.860. The molecule has 12 heteroatoms. The molecule has 0 radical (unpaired) electrons. The van der Waals surface area contributed by atoms with E-state index in [1.807, 2.05) is 13.8 Å². The Morgan fingerprint density at radius 2 is 1.82 bits per heavy atom. The van der Waals surface area contributed by atoms with Crippen LogP contribution in [-0.2, 0) is 14.3 Å². The van der Waals surface area contributed by atoms with Gasteiger partial charge in [0.05, 0.1) is 35.4 Å². The fourth-order valence-corrected chi connectivity index (χ4v) is 5.24. The molecule has 0 saturated carbocycles. The molecule has 4 rings (SSSR count). The first-order valence-electron chi connectivity index (χ1n) is 11.8. The maximum atomic E-state index is 13.4. The van der Waals surface area contributed by atoms with E-state index >= 15 is 0 Å². The van der Waals surface area contributed by atoms with Gasteiger partial charge >= 0.3 is 11.9 Å². The summed E-state index contributed by atoms with van der Waals surface area (Å²) in [6.45, 7) is 7.11. The molecule has 0 spiro atoms. The minimum Gasteiger partial charge on any atom is -0.507 e. The highest BCUT2D eigenvalue weighted by molar-refractivity contribution is 7.17. The molecule has 202 valence electrons. The first-order valence-corrected chi connectivity index (χ1v) is 12.6. The Kier molecular flexibility index (Phi) is 7.50. The van der Waals surface area contributed by atoms with Crippen molar-refractivity contribution in [1.82, 2.24) is 4.98 Å². The predicted octanol–water partition coefficient (Wildman–Crippen LogP) is 4.87. The number of thiazole rings is 1. The van der Waals surface area contributed by atoms with Crippen molar-refractivity contribution >= 4 is 45.6 Å². The smallest absolute Gasteiger partial charge is 0.350 e. The zero-order chi connectivity index (χ0) is 28.6. The molecule has 1 aliphatic rings. The van der Waals surface area contributed by atoms with Crippen LogP contribution in [0.3, 0.4) is 0 Å². The number of methoxy groups -OCH3 is 1. The van der Waals surface area contributed by atoms with Crippen LogP contribution in [0.2, 0.25) is 0 Å². The lowest BCUT2D eigenvalue weighted by molar-refractivity contribution is -0.384. The summed E-state index contributed by atoms with van der Waals surface area (Å²) in [5.41, 5.74) is 1.18. The lowest BCUT2D eigenvalue weighted by Crippen LogP contribution is -2.29. The van der Waals surface area contributed by atoms with Crippen LogP contribution in [-0.4, -0.2) is 45.9 Å². The molecule has 3 aromatic rings. The molecule has 1 aromatic heterocycles. The normalized spacial score (nSPS) is 16.6. The molecule has 0 unspecified atom stereocenters. The number of aryl methyl sites for hydroxylation is 2. The number of aliphatic hydroxyl groups is 1. The minimum absolute atomic E-state index is 0.0364. The molecule has 0 aliphatic carbocycles. The number of nitro groups is 1. The van der Waals surface area contributed by atoms with Gasteiger partial charge in [0.2, 0.25) is 0 Å². The number of anilines is 1. The first-order chi connectivity index (χ1) is 18.4. The van der Waals surface area contributed by atoms with E-state index in [9.17, 15) is 29.6 Å². The number of nitro benzene ring substituents is 1. The SMILES string of the molecule is COC(=O)c1sc(N2C(=O)C(=O)/C(=C(/O)c3ccc(OC(C)C)c(C)c3)[C@@H]2c2ccc([N+](=O)[O-])cc2)nc1C. The number of aliphatic hydroxyl groups excluding tert-OH is 1.